The van der Waals surface area contributed by atoms with E-state index in [9.17, 15) is 5.11 Å². The second-order valence-corrected chi connectivity index (χ2v) is 4.60. The molecule has 1 saturated carbocycles. The van der Waals surface area contributed by atoms with E-state index in [1.807, 2.05) is 0 Å². The summed E-state index contributed by atoms with van der Waals surface area (Å²) in [6.07, 6.45) is 9.19. The van der Waals surface area contributed by atoms with Crippen LogP contribution < -0.4 is 0 Å². The molecule has 0 spiro atoms. The van der Waals surface area contributed by atoms with Gasteiger partial charge >= 0.3 is 0 Å². The Balaban J connectivity index is 1.99. The average Bonchev–Trinajstić information content (AvgIpc) is 2.30. The fourth-order valence-corrected chi connectivity index (χ4v) is 2.31. The third-order valence-corrected chi connectivity index (χ3v) is 3.39. The number of hydrogen-bond acceptors (Lipinski definition) is 3. The van der Waals surface area contributed by atoms with Gasteiger partial charge in [-0.3, -0.25) is 9.97 Å². The minimum absolute atomic E-state index is 0.373. The molecule has 0 radical (unpaired) electrons. The number of rotatable bonds is 2. The number of aliphatic hydroxyl groups excluding tert-OH is 1. The topological polar surface area (TPSA) is 46.0 Å². The maximum atomic E-state index is 10.1. The summed E-state index contributed by atoms with van der Waals surface area (Å²) >= 11 is 0. The van der Waals surface area contributed by atoms with Crippen molar-refractivity contribution in [1.82, 2.24) is 9.97 Å². The van der Waals surface area contributed by atoms with E-state index in [0.29, 0.717) is 5.92 Å². The predicted octanol–water partition coefficient (Wildman–Crippen LogP) is 2.34. The smallest absolute Gasteiger partial charge is 0.100 e. The standard InChI is InChI=1S/C12H18N2O/c1-9-2-4-10(5-3-9)12(15)11-8-13-6-7-14-11/h6-10,12,15H,2-5H2,1H3. The average molecular weight is 206 g/mol. The molecule has 3 heteroatoms. The minimum Gasteiger partial charge on any atom is -0.386 e. The fraction of sp³-hybridized carbons (Fsp3) is 0.667. The maximum Gasteiger partial charge on any atom is 0.100 e. The van der Waals surface area contributed by atoms with Crippen LogP contribution >= 0.6 is 0 Å². The van der Waals surface area contributed by atoms with E-state index < -0.39 is 6.10 Å². The zero-order chi connectivity index (χ0) is 10.7. The molecular weight excluding hydrogens is 188 g/mol. The summed E-state index contributed by atoms with van der Waals surface area (Å²) in [5.74, 6) is 1.19. The first kappa shape index (κ1) is 10.6. The van der Waals surface area contributed by atoms with Gasteiger partial charge in [0.15, 0.2) is 0 Å². The SMILES string of the molecule is CC1CCC(C(O)c2cnccn2)CC1. The number of aromatic nitrogens is 2. The molecule has 82 valence electrons. The Bertz CT molecular complexity index is 294. The summed E-state index contributed by atoms with van der Waals surface area (Å²) in [5.41, 5.74) is 0.719. The van der Waals surface area contributed by atoms with Crippen LogP contribution in [0.1, 0.15) is 44.4 Å². The van der Waals surface area contributed by atoms with Crippen LogP contribution in [0.25, 0.3) is 0 Å². The maximum absolute atomic E-state index is 10.1. The molecule has 3 nitrogen and oxygen atoms in total. The minimum atomic E-state index is -0.425. The lowest BCUT2D eigenvalue weighted by atomic mass is 9.79. The lowest BCUT2D eigenvalue weighted by Crippen LogP contribution is -2.20. The zero-order valence-corrected chi connectivity index (χ0v) is 9.13. The van der Waals surface area contributed by atoms with Crippen LogP contribution in [0.4, 0.5) is 0 Å². The van der Waals surface area contributed by atoms with Crippen LogP contribution in [-0.2, 0) is 0 Å². The van der Waals surface area contributed by atoms with Gasteiger partial charge in [0, 0.05) is 12.4 Å². The molecule has 15 heavy (non-hydrogen) atoms. The Hall–Kier alpha value is -0.960. The second-order valence-electron chi connectivity index (χ2n) is 4.60. The highest BCUT2D eigenvalue weighted by Crippen LogP contribution is 2.35. The molecule has 0 aromatic carbocycles. The van der Waals surface area contributed by atoms with Gasteiger partial charge in [-0.1, -0.05) is 19.8 Å². The van der Waals surface area contributed by atoms with Gasteiger partial charge in [-0.2, -0.15) is 0 Å². The Morgan fingerprint density at radius 2 is 2.00 bits per heavy atom. The number of aliphatic hydroxyl groups is 1. The van der Waals surface area contributed by atoms with Crippen molar-refractivity contribution in [1.29, 1.82) is 0 Å². The Labute approximate surface area is 90.6 Å². The summed E-state index contributed by atoms with van der Waals surface area (Å²) in [6, 6.07) is 0. The Kier molecular flexibility index (Phi) is 3.31. The van der Waals surface area contributed by atoms with E-state index in [2.05, 4.69) is 16.9 Å². The molecule has 1 aromatic rings. The van der Waals surface area contributed by atoms with Crippen molar-refractivity contribution in [2.45, 2.75) is 38.7 Å². The van der Waals surface area contributed by atoms with Crippen LogP contribution in [0.15, 0.2) is 18.6 Å². The van der Waals surface area contributed by atoms with Crippen molar-refractivity contribution in [3.05, 3.63) is 24.3 Å². The molecule has 2 rings (SSSR count). The van der Waals surface area contributed by atoms with Gasteiger partial charge in [-0.15, -0.1) is 0 Å². The van der Waals surface area contributed by atoms with Gasteiger partial charge in [-0.25, -0.2) is 0 Å². The number of hydrogen-bond donors (Lipinski definition) is 1. The summed E-state index contributed by atoms with van der Waals surface area (Å²) in [6.45, 7) is 2.28. The fourth-order valence-electron chi connectivity index (χ4n) is 2.31. The van der Waals surface area contributed by atoms with E-state index in [0.717, 1.165) is 24.5 Å². The van der Waals surface area contributed by atoms with Crippen LogP contribution in [0.3, 0.4) is 0 Å². The normalized spacial score (nSPS) is 28.7. The zero-order valence-electron chi connectivity index (χ0n) is 9.13. The third-order valence-electron chi connectivity index (χ3n) is 3.39. The van der Waals surface area contributed by atoms with Crippen molar-refractivity contribution in [2.24, 2.45) is 11.8 Å². The summed E-state index contributed by atoms with van der Waals surface area (Å²) in [4.78, 5) is 8.15. The van der Waals surface area contributed by atoms with Crippen molar-refractivity contribution >= 4 is 0 Å². The first-order chi connectivity index (χ1) is 7.27. The lowest BCUT2D eigenvalue weighted by molar-refractivity contribution is 0.0718. The molecule has 0 saturated heterocycles. The van der Waals surface area contributed by atoms with E-state index in [1.165, 1.54) is 12.8 Å². The lowest BCUT2D eigenvalue weighted by Gasteiger charge is -2.29. The van der Waals surface area contributed by atoms with Gasteiger partial charge in [0.25, 0.3) is 0 Å². The van der Waals surface area contributed by atoms with Crippen LogP contribution in [0.2, 0.25) is 0 Å². The molecular formula is C12H18N2O. The van der Waals surface area contributed by atoms with Crippen LogP contribution in [0.5, 0.6) is 0 Å². The summed E-state index contributed by atoms with van der Waals surface area (Å²) in [7, 11) is 0. The Morgan fingerprint density at radius 1 is 1.27 bits per heavy atom. The highest BCUT2D eigenvalue weighted by Gasteiger charge is 2.26. The van der Waals surface area contributed by atoms with Crippen molar-refractivity contribution in [3.63, 3.8) is 0 Å². The molecule has 1 aliphatic rings. The monoisotopic (exact) mass is 206 g/mol. The second kappa shape index (κ2) is 4.71. The summed E-state index contributed by atoms with van der Waals surface area (Å²) < 4.78 is 0. The van der Waals surface area contributed by atoms with Crippen molar-refractivity contribution in [3.8, 4) is 0 Å². The van der Waals surface area contributed by atoms with Crippen LogP contribution in [0, 0.1) is 11.8 Å². The highest BCUT2D eigenvalue weighted by molar-refractivity contribution is 5.01. The van der Waals surface area contributed by atoms with Crippen LogP contribution in [-0.4, -0.2) is 15.1 Å². The predicted molar refractivity (Wildman–Crippen MR) is 58.1 cm³/mol. The van der Waals surface area contributed by atoms with Gasteiger partial charge in [0.2, 0.25) is 0 Å². The molecule has 1 N–H and O–H groups in total. The molecule has 1 fully saturated rings. The molecule has 0 aliphatic heterocycles. The van der Waals surface area contributed by atoms with E-state index in [1.54, 1.807) is 18.6 Å². The number of nitrogens with zero attached hydrogens (tertiary/aromatic N) is 2. The molecule has 1 unspecified atom stereocenters. The van der Waals surface area contributed by atoms with E-state index in [4.69, 9.17) is 0 Å². The molecule has 1 atom stereocenters. The third kappa shape index (κ3) is 2.53. The molecule has 1 heterocycles. The first-order valence-corrected chi connectivity index (χ1v) is 5.71. The highest BCUT2D eigenvalue weighted by atomic mass is 16.3. The largest absolute Gasteiger partial charge is 0.386 e. The van der Waals surface area contributed by atoms with Crippen molar-refractivity contribution < 1.29 is 5.11 Å². The molecule has 0 bridgehead atoms. The summed E-state index contributed by atoms with van der Waals surface area (Å²) in [5, 5.41) is 10.1. The van der Waals surface area contributed by atoms with Gasteiger partial charge in [0.1, 0.15) is 6.10 Å². The van der Waals surface area contributed by atoms with E-state index in [-0.39, 0.29) is 0 Å². The van der Waals surface area contributed by atoms with Gasteiger partial charge < -0.3 is 5.11 Å². The van der Waals surface area contributed by atoms with Gasteiger partial charge in [-0.05, 0) is 24.7 Å². The Morgan fingerprint density at radius 3 is 2.60 bits per heavy atom. The first-order valence-electron chi connectivity index (χ1n) is 5.71. The molecule has 1 aliphatic carbocycles. The van der Waals surface area contributed by atoms with E-state index >= 15 is 0 Å². The molecule has 0 amide bonds. The van der Waals surface area contributed by atoms with Crippen molar-refractivity contribution in [2.75, 3.05) is 0 Å². The molecule has 1 aromatic heterocycles. The van der Waals surface area contributed by atoms with Gasteiger partial charge in [0.05, 0.1) is 11.9 Å². The quantitative estimate of drug-likeness (QED) is 0.807.